The maximum absolute atomic E-state index is 12.8. The summed E-state index contributed by atoms with van der Waals surface area (Å²) in [6, 6.07) is 19.7. The number of ether oxygens (including phenoxy) is 2. The zero-order valence-electron chi connectivity index (χ0n) is 18.9. The van der Waals surface area contributed by atoms with Gasteiger partial charge in [0.25, 0.3) is 11.5 Å². The van der Waals surface area contributed by atoms with Crippen molar-refractivity contribution < 1.29 is 14.3 Å². The van der Waals surface area contributed by atoms with E-state index in [0.29, 0.717) is 17.5 Å². The van der Waals surface area contributed by atoms with Crippen LogP contribution in [0.4, 0.5) is 5.13 Å². The van der Waals surface area contributed by atoms with E-state index < -0.39 is 5.91 Å². The van der Waals surface area contributed by atoms with Gasteiger partial charge in [-0.15, -0.1) is 11.3 Å². The molecule has 1 N–H and O–H groups in total. The van der Waals surface area contributed by atoms with E-state index in [2.05, 4.69) is 15.4 Å². The minimum atomic E-state index is -0.440. The van der Waals surface area contributed by atoms with Gasteiger partial charge in [-0.25, -0.2) is 9.67 Å². The number of thiazole rings is 1. The van der Waals surface area contributed by atoms with Crippen molar-refractivity contribution in [2.75, 3.05) is 18.5 Å². The van der Waals surface area contributed by atoms with Crippen LogP contribution in [0.2, 0.25) is 0 Å². The summed E-state index contributed by atoms with van der Waals surface area (Å²) in [4.78, 5) is 30.5. The first-order valence-corrected chi connectivity index (χ1v) is 11.6. The van der Waals surface area contributed by atoms with Crippen LogP contribution in [0.25, 0.3) is 11.3 Å². The highest BCUT2D eigenvalue weighted by Gasteiger charge is 2.15. The zero-order chi connectivity index (χ0) is 23.9. The fourth-order valence-corrected chi connectivity index (χ4v) is 4.08. The molecule has 9 heteroatoms. The molecule has 0 aliphatic rings. The SMILES string of the molecule is CCOc1ccc(-c2nc(NC(=O)c3ccc(=O)n(CCOc4ccccc4)n3)sc2C)cc1. The van der Waals surface area contributed by atoms with E-state index in [-0.39, 0.29) is 24.4 Å². The van der Waals surface area contributed by atoms with Crippen LogP contribution < -0.4 is 20.3 Å². The maximum Gasteiger partial charge on any atom is 0.277 e. The molecule has 2 heterocycles. The van der Waals surface area contributed by atoms with Crippen molar-refractivity contribution >= 4 is 22.4 Å². The molecule has 4 rings (SSSR count). The summed E-state index contributed by atoms with van der Waals surface area (Å²) in [6.45, 7) is 4.95. The Hall–Kier alpha value is -3.98. The smallest absolute Gasteiger partial charge is 0.277 e. The average molecular weight is 477 g/mol. The third-order valence-electron chi connectivity index (χ3n) is 4.87. The molecule has 0 saturated carbocycles. The van der Waals surface area contributed by atoms with Gasteiger partial charge in [0.15, 0.2) is 5.13 Å². The van der Waals surface area contributed by atoms with Crippen molar-refractivity contribution in [3.8, 4) is 22.8 Å². The number of anilines is 1. The van der Waals surface area contributed by atoms with Gasteiger partial charge in [0, 0.05) is 16.5 Å². The summed E-state index contributed by atoms with van der Waals surface area (Å²) in [6.07, 6.45) is 0. The molecule has 34 heavy (non-hydrogen) atoms. The highest BCUT2D eigenvalue weighted by molar-refractivity contribution is 7.16. The number of hydrogen-bond acceptors (Lipinski definition) is 7. The first-order chi connectivity index (χ1) is 16.5. The molecule has 1 amide bonds. The fraction of sp³-hybridized carbons (Fsp3) is 0.200. The second-order valence-corrected chi connectivity index (χ2v) is 8.48. The first kappa shape index (κ1) is 23.2. The Morgan fingerprint density at radius 3 is 2.47 bits per heavy atom. The van der Waals surface area contributed by atoms with Crippen LogP contribution in [0, 0.1) is 6.92 Å². The average Bonchev–Trinajstić information content (AvgIpc) is 3.21. The normalized spacial score (nSPS) is 10.6. The zero-order valence-corrected chi connectivity index (χ0v) is 19.7. The quantitative estimate of drug-likeness (QED) is 0.385. The highest BCUT2D eigenvalue weighted by Crippen LogP contribution is 2.31. The van der Waals surface area contributed by atoms with Gasteiger partial charge in [-0.2, -0.15) is 5.10 Å². The summed E-state index contributed by atoms with van der Waals surface area (Å²) in [7, 11) is 0. The van der Waals surface area contributed by atoms with E-state index in [1.165, 1.54) is 28.2 Å². The van der Waals surface area contributed by atoms with Crippen LogP contribution in [0.15, 0.2) is 71.5 Å². The van der Waals surface area contributed by atoms with Crippen LogP contribution in [-0.4, -0.2) is 33.9 Å². The van der Waals surface area contributed by atoms with Crippen molar-refractivity contribution in [2.45, 2.75) is 20.4 Å². The molecule has 2 aromatic heterocycles. The number of carbonyl (C=O) groups excluding carboxylic acids is 1. The summed E-state index contributed by atoms with van der Waals surface area (Å²) in [5.41, 5.74) is 1.54. The molecular formula is C25H24N4O4S. The van der Waals surface area contributed by atoms with Crippen molar-refractivity contribution in [3.63, 3.8) is 0 Å². The molecule has 2 aromatic carbocycles. The lowest BCUT2D eigenvalue weighted by molar-refractivity contribution is 0.101. The number of rotatable bonds is 9. The Morgan fingerprint density at radius 1 is 1.00 bits per heavy atom. The first-order valence-electron chi connectivity index (χ1n) is 10.8. The third kappa shape index (κ3) is 5.68. The Kier molecular flexibility index (Phi) is 7.34. The van der Waals surface area contributed by atoms with E-state index in [1.807, 2.05) is 68.4 Å². The minimum Gasteiger partial charge on any atom is -0.494 e. The van der Waals surface area contributed by atoms with Crippen LogP contribution in [0.1, 0.15) is 22.3 Å². The summed E-state index contributed by atoms with van der Waals surface area (Å²) >= 11 is 1.37. The van der Waals surface area contributed by atoms with Gasteiger partial charge in [0.1, 0.15) is 23.8 Å². The maximum atomic E-state index is 12.8. The molecule has 0 spiro atoms. The van der Waals surface area contributed by atoms with Gasteiger partial charge >= 0.3 is 0 Å². The van der Waals surface area contributed by atoms with E-state index in [4.69, 9.17) is 9.47 Å². The van der Waals surface area contributed by atoms with E-state index in [0.717, 1.165) is 21.9 Å². The van der Waals surface area contributed by atoms with Crippen molar-refractivity contribution in [1.29, 1.82) is 0 Å². The number of nitrogens with one attached hydrogen (secondary N) is 1. The number of carbonyl (C=O) groups is 1. The number of aryl methyl sites for hydroxylation is 1. The van der Waals surface area contributed by atoms with Crippen molar-refractivity contribution in [3.05, 3.63) is 87.7 Å². The van der Waals surface area contributed by atoms with Crippen LogP contribution in [0.5, 0.6) is 11.5 Å². The van der Waals surface area contributed by atoms with Crippen LogP contribution in [0.3, 0.4) is 0 Å². The molecule has 0 saturated heterocycles. The number of nitrogens with zero attached hydrogens (tertiary/aromatic N) is 3. The van der Waals surface area contributed by atoms with Crippen LogP contribution >= 0.6 is 11.3 Å². The predicted octanol–water partition coefficient (Wildman–Crippen LogP) is 4.41. The van der Waals surface area contributed by atoms with E-state index in [1.54, 1.807) is 0 Å². The van der Waals surface area contributed by atoms with E-state index >= 15 is 0 Å². The Balaban J connectivity index is 1.43. The molecule has 0 bridgehead atoms. The third-order valence-corrected chi connectivity index (χ3v) is 5.76. The van der Waals surface area contributed by atoms with Gasteiger partial charge < -0.3 is 9.47 Å². The molecule has 0 aliphatic carbocycles. The molecule has 0 fully saturated rings. The Bertz CT molecular complexity index is 1320. The molecule has 4 aromatic rings. The number of benzene rings is 2. The predicted molar refractivity (Wildman–Crippen MR) is 132 cm³/mol. The lowest BCUT2D eigenvalue weighted by Crippen LogP contribution is -2.28. The second kappa shape index (κ2) is 10.8. The van der Waals surface area contributed by atoms with Gasteiger partial charge in [0.2, 0.25) is 0 Å². The van der Waals surface area contributed by atoms with Gasteiger partial charge in [0.05, 0.1) is 18.8 Å². The van der Waals surface area contributed by atoms with Crippen molar-refractivity contribution in [2.24, 2.45) is 0 Å². The molecule has 0 aliphatic heterocycles. The molecule has 0 radical (unpaired) electrons. The number of para-hydroxylation sites is 1. The van der Waals surface area contributed by atoms with Gasteiger partial charge in [-0.1, -0.05) is 18.2 Å². The monoisotopic (exact) mass is 476 g/mol. The lowest BCUT2D eigenvalue weighted by atomic mass is 10.1. The molecular weight excluding hydrogens is 452 g/mol. The van der Waals surface area contributed by atoms with Gasteiger partial charge in [-0.3, -0.25) is 14.9 Å². The van der Waals surface area contributed by atoms with E-state index in [9.17, 15) is 9.59 Å². The largest absolute Gasteiger partial charge is 0.494 e. The van der Waals surface area contributed by atoms with Crippen LogP contribution in [-0.2, 0) is 6.54 Å². The topological polar surface area (TPSA) is 95.3 Å². The van der Waals surface area contributed by atoms with Gasteiger partial charge in [-0.05, 0) is 56.3 Å². The Labute approximate surface area is 200 Å². The fourth-order valence-electron chi connectivity index (χ4n) is 3.25. The summed E-state index contributed by atoms with van der Waals surface area (Å²) in [5, 5.41) is 7.43. The number of amides is 1. The molecule has 8 nitrogen and oxygen atoms in total. The highest BCUT2D eigenvalue weighted by atomic mass is 32.1. The van der Waals surface area contributed by atoms with Crippen molar-refractivity contribution in [1.82, 2.24) is 14.8 Å². The number of hydrogen-bond donors (Lipinski definition) is 1. The standard InChI is InChI=1S/C25H24N4O4S/c1-3-32-20-11-9-18(10-12-20)23-17(2)34-25(26-23)27-24(31)21-13-14-22(30)29(28-21)15-16-33-19-7-5-4-6-8-19/h4-14H,3,15-16H2,1-2H3,(H,26,27,31). The minimum absolute atomic E-state index is 0.120. The molecule has 0 unspecified atom stereocenters. The molecule has 0 atom stereocenters. The molecule has 174 valence electrons. The second-order valence-electron chi connectivity index (χ2n) is 7.28. The Morgan fingerprint density at radius 2 is 1.74 bits per heavy atom. The summed E-state index contributed by atoms with van der Waals surface area (Å²) in [5.74, 6) is 1.06. The number of aromatic nitrogens is 3. The lowest BCUT2D eigenvalue weighted by Gasteiger charge is -2.08. The summed E-state index contributed by atoms with van der Waals surface area (Å²) < 4.78 is 12.3.